The van der Waals surface area contributed by atoms with Gasteiger partial charge >= 0.3 is 0 Å². The van der Waals surface area contributed by atoms with Crippen LogP contribution >= 0.6 is 0 Å². The average molecular weight is 1130 g/mol. The summed E-state index contributed by atoms with van der Waals surface area (Å²) in [6.45, 7) is 18.2. The number of rotatable bonds is 63. The van der Waals surface area contributed by atoms with E-state index in [0.717, 1.165) is 31.6 Å². The van der Waals surface area contributed by atoms with Crippen molar-refractivity contribution in [3.63, 3.8) is 0 Å². The van der Waals surface area contributed by atoms with Crippen LogP contribution < -0.4 is 0 Å². The van der Waals surface area contributed by atoms with Crippen molar-refractivity contribution in [2.75, 3.05) is 225 Å². The highest BCUT2D eigenvalue weighted by Gasteiger charge is 2.44. The van der Waals surface area contributed by atoms with E-state index in [2.05, 4.69) is 17.2 Å². The second-order valence-electron chi connectivity index (χ2n) is 17.9. The minimum atomic E-state index is -1.48. The van der Waals surface area contributed by atoms with E-state index in [1.165, 1.54) is 44.9 Å². The zero-order chi connectivity index (χ0) is 55.7. The van der Waals surface area contributed by atoms with Crippen LogP contribution in [0.3, 0.4) is 0 Å². The first kappa shape index (κ1) is 72.4. The average Bonchev–Trinajstić information content (AvgIpc) is 3.91. The number of hydrogen-bond donors (Lipinski definition) is 4. The Morgan fingerprint density at radius 3 is 1.08 bits per heavy atom. The summed E-state index contributed by atoms with van der Waals surface area (Å²) in [5, 5.41) is 47.2. The first-order valence-electron chi connectivity index (χ1n) is 28.6. The van der Waals surface area contributed by atoms with Crippen molar-refractivity contribution in [3.8, 4) is 0 Å². The number of unbranched alkanes of at least 4 members (excludes halogenated alkanes) is 7. The van der Waals surface area contributed by atoms with Crippen LogP contribution in [0.4, 0.5) is 0 Å². The second kappa shape index (κ2) is 57.1. The lowest BCUT2D eigenvalue weighted by molar-refractivity contribution is -0.302. The van der Waals surface area contributed by atoms with E-state index >= 15 is 0 Å². The first-order valence-corrected chi connectivity index (χ1v) is 28.6. The van der Waals surface area contributed by atoms with Crippen molar-refractivity contribution in [1.29, 1.82) is 0 Å². The molecule has 0 unspecified atom stereocenters. The highest BCUT2D eigenvalue weighted by molar-refractivity contribution is 4.92. The maximum Gasteiger partial charge on any atom is 0.186 e. The first-order chi connectivity index (χ1) is 38.6. The molecule has 0 aromatic carbocycles. The van der Waals surface area contributed by atoms with E-state index in [1.807, 2.05) is 6.20 Å². The molecule has 1 aromatic heterocycles. The molecule has 25 nitrogen and oxygen atoms in total. The predicted molar refractivity (Wildman–Crippen MR) is 284 cm³/mol. The van der Waals surface area contributed by atoms with E-state index in [4.69, 9.17) is 85.3 Å². The highest BCUT2D eigenvalue weighted by Crippen LogP contribution is 2.22. The summed E-state index contributed by atoms with van der Waals surface area (Å²) < 4.78 is 101. The van der Waals surface area contributed by atoms with Gasteiger partial charge in [-0.25, -0.2) is 4.68 Å². The van der Waals surface area contributed by atoms with Crippen molar-refractivity contribution in [3.05, 3.63) is 11.9 Å². The number of aliphatic hydroxyl groups is 4. The normalized spacial score (nSPS) is 17.7. The molecule has 0 spiro atoms. The molecule has 0 radical (unpaired) electrons. The third-order valence-electron chi connectivity index (χ3n) is 11.5. The molecule has 1 aliphatic rings. The molecule has 0 amide bonds. The van der Waals surface area contributed by atoms with Crippen LogP contribution in [0.2, 0.25) is 0 Å². The molecule has 0 saturated carbocycles. The number of ether oxygens (including phenoxy) is 18. The van der Waals surface area contributed by atoms with E-state index in [9.17, 15) is 20.4 Å². The van der Waals surface area contributed by atoms with Crippen LogP contribution in [0.1, 0.15) is 70.4 Å². The van der Waals surface area contributed by atoms with Gasteiger partial charge in [0.2, 0.25) is 0 Å². The summed E-state index contributed by atoms with van der Waals surface area (Å²) in [6.07, 6.45) is 7.44. The Labute approximate surface area is 464 Å². The van der Waals surface area contributed by atoms with Gasteiger partial charge in [-0.15, -0.1) is 5.10 Å². The van der Waals surface area contributed by atoms with Crippen LogP contribution in [0, 0.1) is 0 Å². The van der Waals surface area contributed by atoms with Crippen LogP contribution in [0.5, 0.6) is 0 Å². The van der Waals surface area contributed by atoms with Crippen molar-refractivity contribution in [2.45, 2.75) is 108 Å². The van der Waals surface area contributed by atoms with Gasteiger partial charge in [0.05, 0.1) is 224 Å². The SMILES string of the molecule is CCCCCCCCCCOCCOCCOCCOCCOCCOCCOCCOCCOCCOCCOCCCc1cn(CCOCCOCCOCCOCCOCCO[C@@H]2O[C@@H](CO)[C@H](O)[C@@H](O)[C@@H]2O)nn1. The Morgan fingerprint density at radius 1 is 0.385 bits per heavy atom. The largest absolute Gasteiger partial charge is 0.394 e. The number of hydrogen-bond acceptors (Lipinski definition) is 24. The summed E-state index contributed by atoms with van der Waals surface area (Å²) >= 11 is 0. The van der Waals surface area contributed by atoms with Crippen molar-refractivity contribution >= 4 is 0 Å². The topological polar surface area (TPSA) is 278 Å². The molecule has 0 aliphatic carbocycles. The maximum absolute atomic E-state index is 9.96. The fourth-order valence-electron chi connectivity index (χ4n) is 7.13. The van der Waals surface area contributed by atoms with Gasteiger partial charge in [0, 0.05) is 19.4 Å². The lowest BCUT2D eigenvalue weighted by atomic mass is 9.99. The molecular weight excluding hydrogens is 1030 g/mol. The molecule has 4 N–H and O–H groups in total. The van der Waals surface area contributed by atoms with Crippen LogP contribution in [0.15, 0.2) is 6.20 Å². The Morgan fingerprint density at radius 2 is 0.705 bits per heavy atom. The summed E-state index contributed by atoms with van der Waals surface area (Å²) in [6, 6.07) is 0. The second-order valence-corrected chi connectivity index (χ2v) is 17.9. The van der Waals surface area contributed by atoms with Crippen LogP contribution in [-0.4, -0.2) is 291 Å². The minimum Gasteiger partial charge on any atom is -0.394 e. The predicted octanol–water partition coefficient (Wildman–Crippen LogP) is 1.43. The maximum atomic E-state index is 9.96. The zero-order valence-corrected chi connectivity index (χ0v) is 47.3. The Hall–Kier alpha value is -1.74. The summed E-state index contributed by atoms with van der Waals surface area (Å²) in [5.74, 6) is 0. The fourth-order valence-corrected chi connectivity index (χ4v) is 7.13. The monoisotopic (exact) mass is 1130 g/mol. The van der Waals surface area contributed by atoms with Crippen LogP contribution in [-0.2, 0) is 98.2 Å². The van der Waals surface area contributed by atoms with Gasteiger partial charge in [0.1, 0.15) is 24.4 Å². The Bertz CT molecular complexity index is 1350. The highest BCUT2D eigenvalue weighted by atomic mass is 16.7. The van der Waals surface area contributed by atoms with Gasteiger partial charge in [-0.1, -0.05) is 57.1 Å². The molecule has 1 saturated heterocycles. The summed E-state index contributed by atoms with van der Waals surface area (Å²) in [4.78, 5) is 0. The lowest BCUT2D eigenvalue weighted by Gasteiger charge is -2.39. The van der Waals surface area contributed by atoms with Gasteiger partial charge in [-0.3, -0.25) is 0 Å². The van der Waals surface area contributed by atoms with Gasteiger partial charge in [0.25, 0.3) is 0 Å². The molecule has 0 bridgehead atoms. The Balaban J connectivity index is 1.17. The van der Waals surface area contributed by atoms with E-state index in [0.29, 0.717) is 205 Å². The quantitative estimate of drug-likeness (QED) is 0.0672. The molecule has 25 heteroatoms. The molecule has 2 rings (SSSR count). The fraction of sp³-hybridized carbons (Fsp3) is 0.962. The van der Waals surface area contributed by atoms with Crippen LogP contribution in [0.25, 0.3) is 0 Å². The van der Waals surface area contributed by atoms with Crippen molar-refractivity contribution in [1.82, 2.24) is 15.0 Å². The molecular formula is C53H103N3O22. The smallest absolute Gasteiger partial charge is 0.186 e. The molecule has 1 aliphatic heterocycles. The standard InChI is InChI=1S/C53H103N3O22/c1-2-3-4-5-6-7-8-9-13-61-16-19-64-22-25-67-28-30-70-32-34-72-36-38-74-39-37-73-35-33-71-31-29-68-26-23-65-20-17-62-14-10-11-48-46-56(55-54-48)12-15-63-18-21-66-24-27-69-40-41-75-42-43-76-44-45-77-53-52(60)51(59)50(58)49(47-57)78-53/h46,49-53,57-60H,2-45,47H2,1H3/t49-,50-,51+,52-,53+/m0/s1. The lowest BCUT2D eigenvalue weighted by Crippen LogP contribution is -2.59. The molecule has 1 aromatic rings. The van der Waals surface area contributed by atoms with Gasteiger partial charge in [0.15, 0.2) is 6.29 Å². The van der Waals surface area contributed by atoms with E-state index in [1.54, 1.807) is 4.68 Å². The van der Waals surface area contributed by atoms with E-state index in [-0.39, 0.29) is 13.2 Å². The molecule has 462 valence electrons. The van der Waals surface area contributed by atoms with E-state index < -0.39 is 37.3 Å². The molecule has 2 heterocycles. The van der Waals surface area contributed by atoms with Gasteiger partial charge in [-0.2, -0.15) is 0 Å². The zero-order valence-electron chi connectivity index (χ0n) is 47.3. The van der Waals surface area contributed by atoms with Crippen molar-refractivity contribution in [2.24, 2.45) is 0 Å². The number of aromatic nitrogens is 3. The third kappa shape index (κ3) is 44.9. The number of nitrogens with zero attached hydrogens (tertiary/aromatic N) is 3. The third-order valence-corrected chi connectivity index (χ3v) is 11.5. The molecule has 1 fully saturated rings. The minimum absolute atomic E-state index is 0.0790. The Kier molecular flexibility index (Phi) is 53.0. The van der Waals surface area contributed by atoms with Crippen molar-refractivity contribution < 1.29 is 106 Å². The number of aryl methyl sites for hydroxylation is 1. The summed E-state index contributed by atoms with van der Waals surface area (Å²) in [5.41, 5.74) is 0.904. The van der Waals surface area contributed by atoms with Gasteiger partial charge in [-0.05, 0) is 19.3 Å². The molecule has 78 heavy (non-hydrogen) atoms. The molecule has 5 atom stereocenters. The summed E-state index contributed by atoms with van der Waals surface area (Å²) in [7, 11) is 0. The van der Waals surface area contributed by atoms with Gasteiger partial charge < -0.3 is 106 Å². The number of aliphatic hydroxyl groups excluding tert-OH is 4.